The number of nitrogens with one attached hydrogen (secondary N) is 1. The van der Waals surface area contributed by atoms with Crippen molar-refractivity contribution in [2.24, 2.45) is 0 Å². The first-order valence-corrected chi connectivity index (χ1v) is 7.16. The number of anilines is 1. The van der Waals surface area contributed by atoms with E-state index in [0.29, 0.717) is 13.1 Å². The van der Waals surface area contributed by atoms with Crippen molar-refractivity contribution in [2.45, 2.75) is 13.5 Å². The van der Waals surface area contributed by atoms with Crippen molar-refractivity contribution >= 4 is 22.4 Å². The molecule has 0 spiro atoms. The van der Waals surface area contributed by atoms with Gasteiger partial charge >= 0.3 is 5.69 Å². The van der Waals surface area contributed by atoms with Crippen LogP contribution in [-0.2, 0) is 6.54 Å². The molecule has 3 aromatic rings. The number of aryl methyl sites for hydroxylation is 1. The predicted molar refractivity (Wildman–Crippen MR) is 86.0 cm³/mol. The van der Waals surface area contributed by atoms with Crippen molar-refractivity contribution in [3.63, 3.8) is 0 Å². The molecule has 1 aromatic heterocycles. The van der Waals surface area contributed by atoms with Crippen LogP contribution in [0, 0.1) is 22.9 Å². The van der Waals surface area contributed by atoms with Gasteiger partial charge in [-0.1, -0.05) is 18.2 Å². The van der Waals surface area contributed by atoms with E-state index < -0.39 is 16.4 Å². The number of aromatic nitrogens is 2. The zero-order valence-corrected chi connectivity index (χ0v) is 12.5. The Morgan fingerprint density at radius 1 is 1.26 bits per heavy atom. The van der Waals surface area contributed by atoms with Crippen molar-refractivity contribution in [1.82, 2.24) is 9.55 Å². The second kappa shape index (κ2) is 6.04. The molecule has 0 aliphatic rings. The normalized spacial score (nSPS) is 10.9. The molecule has 23 heavy (non-hydrogen) atoms. The maximum absolute atomic E-state index is 13.6. The number of nitro groups is 1. The molecule has 0 fully saturated rings. The molecule has 1 heterocycles. The fraction of sp³-hybridized carbons (Fsp3) is 0.188. The minimum Gasteiger partial charge on any atom is -0.378 e. The molecule has 2 aromatic carbocycles. The van der Waals surface area contributed by atoms with Gasteiger partial charge in [0.1, 0.15) is 11.5 Å². The van der Waals surface area contributed by atoms with Gasteiger partial charge in [0.05, 0.1) is 16.0 Å². The molecular formula is C16H15FN4O2. The lowest BCUT2D eigenvalue weighted by Crippen LogP contribution is -2.13. The van der Waals surface area contributed by atoms with Gasteiger partial charge in [0, 0.05) is 13.1 Å². The Morgan fingerprint density at radius 2 is 2.04 bits per heavy atom. The lowest BCUT2D eigenvalue weighted by atomic mass is 10.2. The maximum Gasteiger partial charge on any atom is 0.327 e. The minimum atomic E-state index is -0.843. The van der Waals surface area contributed by atoms with Crippen LogP contribution in [0.3, 0.4) is 0 Å². The van der Waals surface area contributed by atoms with E-state index in [-0.39, 0.29) is 5.69 Å². The molecular weight excluding hydrogens is 299 g/mol. The summed E-state index contributed by atoms with van der Waals surface area (Å²) in [6, 6.07) is 11.8. The highest BCUT2D eigenvalue weighted by Crippen LogP contribution is 2.27. The summed E-state index contributed by atoms with van der Waals surface area (Å²) in [6.07, 6.45) is 0. The molecule has 0 saturated heterocycles. The molecule has 3 rings (SSSR count). The smallest absolute Gasteiger partial charge is 0.327 e. The second-order valence-corrected chi connectivity index (χ2v) is 5.12. The number of imidazole rings is 1. The Kier molecular flexibility index (Phi) is 3.92. The summed E-state index contributed by atoms with van der Waals surface area (Å²) < 4.78 is 15.6. The highest BCUT2D eigenvalue weighted by atomic mass is 19.1. The van der Waals surface area contributed by atoms with E-state index >= 15 is 0 Å². The number of nitrogens with zero attached hydrogens (tertiary/aromatic N) is 3. The van der Waals surface area contributed by atoms with E-state index in [0.717, 1.165) is 22.9 Å². The van der Waals surface area contributed by atoms with Gasteiger partial charge in [-0.05, 0) is 31.2 Å². The molecule has 0 aliphatic heterocycles. The standard InChI is InChI=1S/C16H15FN4O2/c1-11-19-13-6-2-3-8-15(13)20(11)10-9-18-14-7-4-5-12(17)16(14)21(22)23/h2-8,18H,9-10H2,1H3. The van der Waals surface area contributed by atoms with Crippen LogP contribution in [0.25, 0.3) is 11.0 Å². The fourth-order valence-corrected chi connectivity index (χ4v) is 2.62. The predicted octanol–water partition coefficient (Wildman–Crippen LogP) is 3.50. The van der Waals surface area contributed by atoms with Crippen molar-refractivity contribution in [3.8, 4) is 0 Å². The van der Waals surface area contributed by atoms with E-state index in [1.54, 1.807) is 0 Å². The summed E-state index contributed by atoms with van der Waals surface area (Å²) in [5, 5.41) is 13.9. The number of fused-ring (bicyclic) bond motifs is 1. The quantitative estimate of drug-likeness (QED) is 0.578. The van der Waals surface area contributed by atoms with Crippen LogP contribution in [0.1, 0.15) is 5.82 Å². The molecule has 0 bridgehead atoms. The summed E-state index contributed by atoms with van der Waals surface area (Å²) in [7, 11) is 0. The van der Waals surface area contributed by atoms with Gasteiger partial charge in [-0.3, -0.25) is 10.1 Å². The third-order valence-corrected chi connectivity index (χ3v) is 3.67. The monoisotopic (exact) mass is 314 g/mol. The maximum atomic E-state index is 13.6. The molecule has 1 N–H and O–H groups in total. The topological polar surface area (TPSA) is 73.0 Å². The summed E-state index contributed by atoms with van der Waals surface area (Å²) in [5.74, 6) is 0.0194. The van der Waals surface area contributed by atoms with Gasteiger partial charge < -0.3 is 9.88 Å². The van der Waals surface area contributed by atoms with E-state index in [2.05, 4.69) is 10.3 Å². The Bertz CT molecular complexity index is 876. The SMILES string of the molecule is Cc1nc2ccccc2n1CCNc1cccc(F)c1[N+](=O)[O-]. The third kappa shape index (κ3) is 2.85. The van der Waals surface area contributed by atoms with E-state index in [4.69, 9.17) is 0 Å². The number of hydrogen-bond donors (Lipinski definition) is 1. The van der Waals surface area contributed by atoms with Crippen LogP contribution in [-0.4, -0.2) is 21.0 Å². The van der Waals surface area contributed by atoms with Crippen LogP contribution in [0.15, 0.2) is 42.5 Å². The van der Waals surface area contributed by atoms with Crippen molar-refractivity contribution in [3.05, 3.63) is 64.2 Å². The number of nitro benzene ring substituents is 1. The second-order valence-electron chi connectivity index (χ2n) is 5.12. The van der Waals surface area contributed by atoms with Crippen molar-refractivity contribution < 1.29 is 9.31 Å². The summed E-state index contributed by atoms with van der Waals surface area (Å²) in [6.45, 7) is 2.90. The molecule has 118 valence electrons. The van der Waals surface area contributed by atoms with Gasteiger partial charge in [-0.2, -0.15) is 4.39 Å². The molecule has 0 atom stereocenters. The lowest BCUT2D eigenvalue weighted by Gasteiger charge is -2.10. The van der Waals surface area contributed by atoms with Crippen LogP contribution in [0.4, 0.5) is 15.8 Å². The van der Waals surface area contributed by atoms with Crippen LogP contribution >= 0.6 is 0 Å². The fourth-order valence-electron chi connectivity index (χ4n) is 2.62. The van der Waals surface area contributed by atoms with E-state index in [9.17, 15) is 14.5 Å². The summed E-state index contributed by atoms with van der Waals surface area (Å²) in [4.78, 5) is 14.7. The van der Waals surface area contributed by atoms with Crippen molar-refractivity contribution in [2.75, 3.05) is 11.9 Å². The average Bonchev–Trinajstić information content (AvgIpc) is 2.83. The number of rotatable bonds is 5. The number of hydrogen-bond acceptors (Lipinski definition) is 4. The molecule has 0 aliphatic carbocycles. The Hall–Kier alpha value is -2.96. The van der Waals surface area contributed by atoms with E-state index in [1.807, 2.05) is 35.8 Å². The van der Waals surface area contributed by atoms with Gasteiger partial charge in [0.2, 0.25) is 5.82 Å². The molecule has 0 saturated carbocycles. The zero-order valence-electron chi connectivity index (χ0n) is 12.5. The third-order valence-electron chi connectivity index (χ3n) is 3.67. The van der Waals surface area contributed by atoms with Gasteiger partial charge in [-0.15, -0.1) is 0 Å². The van der Waals surface area contributed by atoms with Gasteiger partial charge in [0.15, 0.2) is 0 Å². The molecule has 0 radical (unpaired) electrons. The molecule has 0 amide bonds. The first-order valence-electron chi connectivity index (χ1n) is 7.16. The van der Waals surface area contributed by atoms with Gasteiger partial charge in [-0.25, -0.2) is 4.98 Å². The highest BCUT2D eigenvalue weighted by Gasteiger charge is 2.19. The first kappa shape index (κ1) is 15.0. The van der Waals surface area contributed by atoms with Crippen LogP contribution < -0.4 is 5.32 Å². The Labute approximate surface area is 131 Å². The van der Waals surface area contributed by atoms with Crippen LogP contribution in [0.2, 0.25) is 0 Å². The van der Waals surface area contributed by atoms with E-state index in [1.165, 1.54) is 12.1 Å². The molecule has 6 nitrogen and oxygen atoms in total. The van der Waals surface area contributed by atoms with Crippen LogP contribution in [0.5, 0.6) is 0 Å². The Balaban J connectivity index is 1.79. The average molecular weight is 314 g/mol. The number of halogens is 1. The number of benzene rings is 2. The first-order chi connectivity index (χ1) is 11.1. The summed E-state index contributed by atoms with van der Waals surface area (Å²) >= 11 is 0. The number of para-hydroxylation sites is 3. The summed E-state index contributed by atoms with van der Waals surface area (Å²) in [5.41, 5.74) is 1.55. The van der Waals surface area contributed by atoms with Gasteiger partial charge in [0.25, 0.3) is 0 Å². The highest BCUT2D eigenvalue weighted by molar-refractivity contribution is 5.75. The minimum absolute atomic E-state index is 0.178. The lowest BCUT2D eigenvalue weighted by molar-refractivity contribution is -0.386. The zero-order chi connectivity index (χ0) is 16.4. The Morgan fingerprint density at radius 3 is 2.83 bits per heavy atom. The molecule has 0 unspecified atom stereocenters. The molecule has 7 heteroatoms. The van der Waals surface area contributed by atoms with Crippen molar-refractivity contribution in [1.29, 1.82) is 0 Å². The largest absolute Gasteiger partial charge is 0.378 e.